The Bertz CT molecular complexity index is 2550. The van der Waals surface area contributed by atoms with E-state index >= 15 is 0 Å². The van der Waals surface area contributed by atoms with Gasteiger partial charge in [-0.05, 0) is 109 Å². The topological polar surface area (TPSA) is 203 Å². The second-order valence-electron chi connectivity index (χ2n) is 13.4. The highest BCUT2D eigenvalue weighted by molar-refractivity contribution is 9.10. The molecule has 0 bridgehead atoms. The van der Waals surface area contributed by atoms with Crippen molar-refractivity contribution in [2.45, 2.75) is 73.9 Å². The van der Waals surface area contributed by atoms with Crippen LogP contribution in [0.3, 0.4) is 0 Å². The summed E-state index contributed by atoms with van der Waals surface area (Å²) in [5, 5.41) is 25.5. The van der Waals surface area contributed by atoms with Crippen molar-refractivity contribution >= 4 is 76.7 Å². The minimum atomic E-state index is -3.87. The Morgan fingerprint density at radius 2 is 1.20 bits per heavy atom. The number of nitrogens with zero attached hydrogens (tertiary/aromatic N) is 2. The predicted molar refractivity (Wildman–Crippen MR) is 217 cm³/mol. The van der Waals surface area contributed by atoms with Crippen molar-refractivity contribution in [2.24, 2.45) is 0 Å². The Hall–Kier alpha value is -4.62. The smallest absolute Gasteiger partial charge is 0.454 e. The molecule has 2 fully saturated rings. The number of aromatic nitrogens is 2. The molecule has 0 aliphatic heterocycles. The van der Waals surface area contributed by atoms with Crippen molar-refractivity contribution in [3.63, 3.8) is 0 Å². The molecule has 2 aromatic heterocycles. The number of aryl methyl sites for hydroxylation is 2. The number of sulfonamides is 2. The molecular weight excluding hydrogens is 827 g/mol. The lowest BCUT2D eigenvalue weighted by Gasteiger charge is -2.11. The van der Waals surface area contributed by atoms with Crippen LogP contribution in [-0.4, -0.2) is 58.5 Å². The minimum Gasteiger partial charge on any atom is -0.495 e. The monoisotopic (exact) mass is 868 g/mol. The fourth-order valence-electron chi connectivity index (χ4n) is 5.74. The van der Waals surface area contributed by atoms with Crippen molar-refractivity contribution in [1.29, 1.82) is 0 Å². The van der Waals surface area contributed by atoms with E-state index in [4.69, 9.17) is 28.6 Å². The first kappa shape index (κ1) is 41.0. The van der Waals surface area contributed by atoms with Gasteiger partial charge in [-0.2, -0.15) is 0 Å². The zero-order chi connectivity index (χ0) is 40.2. The first-order valence-corrected chi connectivity index (χ1v) is 21.7. The summed E-state index contributed by atoms with van der Waals surface area (Å²) in [6, 6.07) is 21.3. The average Bonchev–Trinajstić information content (AvgIpc) is 4.14. The molecule has 2 aliphatic rings. The highest BCUT2D eigenvalue weighted by Gasteiger charge is 2.33. The molecule has 2 heterocycles. The molecule has 0 atom stereocenters. The van der Waals surface area contributed by atoms with E-state index in [2.05, 4.69) is 35.7 Å². The van der Waals surface area contributed by atoms with E-state index in [9.17, 15) is 16.8 Å². The summed E-state index contributed by atoms with van der Waals surface area (Å²) in [5.74, 6) is 1.69. The van der Waals surface area contributed by atoms with Gasteiger partial charge < -0.3 is 28.6 Å². The number of benzene rings is 4. The summed E-state index contributed by atoms with van der Waals surface area (Å²) >= 11 is 3.33. The Balaban J connectivity index is 0.000000165. The van der Waals surface area contributed by atoms with Gasteiger partial charge >= 0.3 is 7.12 Å². The number of hydrogen-bond acceptors (Lipinski definition) is 12. The predicted octanol–water partition coefficient (Wildman–Crippen LogP) is 7.66. The van der Waals surface area contributed by atoms with Gasteiger partial charge in [0.1, 0.15) is 21.3 Å². The van der Waals surface area contributed by atoms with E-state index in [1.807, 2.05) is 44.2 Å². The number of nitrogens with one attached hydrogen (secondary N) is 2. The molecule has 8 rings (SSSR count). The van der Waals surface area contributed by atoms with Gasteiger partial charge in [-0.25, -0.2) is 16.8 Å². The molecule has 6 aromatic rings. The van der Waals surface area contributed by atoms with Gasteiger partial charge in [0.2, 0.25) is 0 Å². The molecule has 18 heteroatoms. The maximum absolute atomic E-state index is 12.9. The van der Waals surface area contributed by atoms with E-state index in [1.165, 1.54) is 32.6 Å². The summed E-state index contributed by atoms with van der Waals surface area (Å²) in [5.41, 5.74) is 4.08. The third-order valence-corrected chi connectivity index (χ3v) is 12.5. The molecule has 0 saturated heterocycles. The number of methoxy groups -OCH3 is 2. The number of halogens is 1. The Morgan fingerprint density at radius 1 is 0.714 bits per heavy atom. The minimum absolute atomic E-state index is 0.0672. The summed E-state index contributed by atoms with van der Waals surface area (Å²) in [6.45, 7) is 3.92. The highest BCUT2D eigenvalue weighted by Crippen LogP contribution is 2.42. The molecule has 56 heavy (non-hydrogen) atoms. The first-order chi connectivity index (χ1) is 26.8. The fraction of sp³-hybridized carbons (Fsp3) is 0.316. The van der Waals surface area contributed by atoms with E-state index in [0.29, 0.717) is 40.0 Å². The maximum Gasteiger partial charge on any atom is 0.454 e. The zero-order valence-electron chi connectivity index (χ0n) is 31.2. The van der Waals surface area contributed by atoms with E-state index < -0.39 is 27.2 Å². The summed E-state index contributed by atoms with van der Waals surface area (Å²) in [6.07, 6.45) is 5.81. The molecule has 4 N–H and O–H groups in total. The quantitative estimate of drug-likeness (QED) is 0.0876. The lowest BCUT2D eigenvalue weighted by molar-refractivity contribution is 0.402. The maximum atomic E-state index is 12.9. The molecule has 0 unspecified atom stereocenters. The SMILES string of the molecule is CCc1ccc(OC)c(S(=O)(=O)Nc2noc3cc(Br)ccc23)c1.CCc1ccc(OC)c(S(=O)(=O)Nc2noc3cc(C4CC4)ccc23)c1.OB(O)C1CC1. The van der Waals surface area contributed by atoms with E-state index in [-0.39, 0.29) is 33.0 Å². The normalized spacial score (nSPS) is 14.0. The largest absolute Gasteiger partial charge is 0.495 e. The van der Waals surface area contributed by atoms with Gasteiger partial charge in [0.15, 0.2) is 22.8 Å². The van der Waals surface area contributed by atoms with Gasteiger partial charge in [-0.1, -0.05) is 71.1 Å². The van der Waals surface area contributed by atoms with Crippen LogP contribution in [0.25, 0.3) is 21.9 Å². The van der Waals surface area contributed by atoms with Crippen LogP contribution in [0.5, 0.6) is 11.5 Å². The molecule has 0 amide bonds. The molecule has 4 aromatic carbocycles. The van der Waals surface area contributed by atoms with E-state index in [1.54, 1.807) is 42.5 Å². The molecular formula is C38H42BBrN4O10S2. The van der Waals surface area contributed by atoms with E-state index in [0.717, 1.165) is 34.9 Å². The van der Waals surface area contributed by atoms with Crippen molar-refractivity contribution in [3.05, 3.63) is 94.0 Å². The van der Waals surface area contributed by atoms with Crippen LogP contribution in [0.15, 0.2) is 96.1 Å². The van der Waals surface area contributed by atoms with Crippen LogP contribution in [0.1, 0.15) is 62.1 Å². The summed E-state index contributed by atoms with van der Waals surface area (Å²) in [7, 11) is -5.89. The molecule has 0 spiro atoms. The third kappa shape index (κ3) is 9.66. The van der Waals surface area contributed by atoms with Gasteiger partial charge in [0.05, 0.1) is 25.0 Å². The molecule has 0 radical (unpaired) electrons. The van der Waals surface area contributed by atoms with Gasteiger partial charge in [-0.15, -0.1) is 0 Å². The number of ether oxygens (including phenoxy) is 2. The lowest BCUT2D eigenvalue weighted by Crippen LogP contribution is -2.15. The van der Waals surface area contributed by atoms with Crippen LogP contribution < -0.4 is 18.9 Å². The lowest BCUT2D eigenvalue weighted by atomic mass is 9.84. The van der Waals surface area contributed by atoms with Crippen molar-refractivity contribution < 1.29 is 45.4 Å². The fourth-order valence-corrected chi connectivity index (χ4v) is 8.55. The molecule has 296 valence electrons. The number of fused-ring (bicyclic) bond motifs is 2. The number of anilines is 2. The zero-order valence-corrected chi connectivity index (χ0v) is 34.4. The highest BCUT2D eigenvalue weighted by atomic mass is 79.9. The summed E-state index contributed by atoms with van der Waals surface area (Å²) < 4.78 is 78.1. The third-order valence-electron chi connectivity index (χ3n) is 9.34. The Labute approximate surface area is 333 Å². The van der Waals surface area contributed by atoms with Crippen molar-refractivity contribution in [2.75, 3.05) is 23.7 Å². The molecule has 2 aliphatic carbocycles. The number of rotatable bonds is 12. The number of hydrogen-bond donors (Lipinski definition) is 4. The van der Waals surface area contributed by atoms with Gasteiger partial charge in [0.25, 0.3) is 20.0 Å². The Kier molecular flexibility index (Phi) is 12.6. The van der Waals surface area contributed by atoms with Gasteiger partial charge in [-0.3, -0.25) is 9.44 Å². The van der Waals surface area contributed by atoms with Crippen LogP contribution in [0.4, 0.5) is 11.6 Å². The molecule has 14 nitrogen and oxygen atoms in total. The van der Waals surface area contributed by atoms with Crippen molar-refractivity contribution in [3.8, 4) is 11.5 Å². The second kappa shape index (κ2) is 17.3. The second-order valence-corrected chi connectivity index (χ2v) is 17.6. The van der Waals surface area contributed by atoms with Crippen LogP contribution >= 0.6 is 15.9 Å². The van der Waals surface area contributed by atoms with Crippen molar-refractivity contribution in [1.82, 2.24) is 10.3 Å². The summed E-state index contributed by atoms with van der Waals surface area (Å²) in [4.78, 5) is 0.155. The first-order valence-electron chi connectivity index (χ1n) is 18.0. The van der Waals surface area contributed by atoms with Crippen LogP contribution in [0.2, 0.25) is 5.82 Å². The standard InChI is InChI=1S/C19H20N2O4S.C16H15BrN2O4S.C3H7BO2/c1-3-12-4-9-16(24-2)18(10-12)26(22,23)21-19-15-8-7-14(13-5-6-13)11-17(15)25-20-19;1-3-10-4-7-13(22-2)15(8-10)24(20,21)19-16-12-6-5-11(17)9-14(12)23-18-16;5-4(6)3-1-2-3/h4,7-11,13H,3,5-6H2,1-2H3,(H,20,21);4-9H,3H2,1-2H3,(H,18,19);3,5-6H,1-2H2. The van der Waals surface area contributed by atoms with Crippen LogP contribution in [-0.2, 0) is 32.9 Å². The average molecular weight is 870 g/mol. The van der Waals surface area contributed by atoms with Gasteiger partial charge in [0, 0.05) is 4.47 Å². The Morgan fingerprint density at radius 3 is 1.61 bits per heavy atom. The molecule has 2 saturated carbocycles. The van der Waals surface area contributed by atoms with Crippen LogP contribution in [0, 0.1) is 0 Å².